The van der Waals surface area contributed by atoms with E-state index in [2.05, 4.69) is 42.7 Å². The van der Waals surface area contributed by atoms with Gasteiger partial charge >= 0.3 is 0 Å². The van der Waals surface area contributed by atoms with Gasteiger partial charge in [-0.2, -0.15) is 0 Å². The molecular weight excluding hydrogens is 220 g/mol. The zero-order chi connectivity index (χ0) is 13.0. The van der Waals surface area contributed by atoms with Gasteiger partial charge in [-0.05, 0) is 24.3 Å². The molecule has 1 atom stereocenters. The molecule has 0 unspecified atom stereocenters. The average Bonchev–Trinajstić information content (AvgIpc) is 2.41. The molecule has 0 radical (unpaired) electrons. The molecule has 0 spiro atoms. The number of nitrogens with two attached hydrogens (primary N) is 1. The Balaban J connectivity index is 2.06. The van der Waals surface area contributed by atoms with Crippen LogP contribution in [0.25, 0.3) is 0 Å². The second kappa shape index (κ2) is 6.05. The summed E-state index contributed by atoms with van der Waals surface area (Å²) >= 11 is 0. The van der Waals surface area contributed by atoms with Gasteiger partial charge in [-0.25, -0.2) is 0 Å². The zero-order valence-corrected chi connectivity index (χ0v) is 11.3. The molecule has 1 aromatic rings. The highest BCUT2D eigenvalue weighted by atomic mass is 15.1. The van der Waals surface area contributed by atoms with Crippen molar-refractivity contribution in [1.29, 1.82) is 0 Å². The van der Waals surface area contributed by atoms with Gasteiger partial charge in [0.2, 0.25) is 0 Å². The van der Waals surface area contributed by atoms with E-state index in [1.807, 2.05) is 6.07 Å². The van der Waals surface area contributed by atoms with E-state index in [1.165, 1.54) is 24.1 Å². The van der Waals surface area contributed by atoms with Crippen LogP contribution in [0, 0.1) is 5.92 Å². The van der Waals surface area contributed by atoms with Gasteiger partial charge in [-0.1, -0.05) is 43.8 Å². The lowest BCUT2D eigenvalue weighted by Crippen LogP contribution is -2.35. The van der Waals surface area contributed by atoms with Crippen LogP contribution in [0.15, 0.2) is 42.6 Å². The molecule has 1 saturated heterocycles. The first-order valence-electron chi connectivity index (χ1n) is 6.91. The highest BCUT2D eigenvalue weighted by Crippen LogP contribution is 2.28. The predicted octanol–water partition coefficient (Wildman–Crippen LogP) is 2.97. The van der Waals surface area contributed by atoms with Crippen molar-refractivity contribution in [2.45, 2.75) is 25.7 Å². The van der Waals surface area contributed by atoms with Gasteiger partial charge in [0.25, 0.3) is 0 Å². The molecular formula is C16H24N2. The lowest BCUT2D eigenvalue weighted by molar-refractivity contribution is 0.227. The van der Waals surface area contributed by atoms with E-state index in [4.69, 9.17) is 5.73 Å². The second-order valence-corrected chi connectivity index (χ2v) is 5.36. The van der Waals surface area contributed by atoms with E-state index in [9.17, 15) is 0 Å². The summed E-state index contributed by atoms with van der Waals surface area (Å²) < 4.78 is 0. The SMILES string of the molecule is C=C([C@H](CN)c1ccccc1)N1CCC(C)CC1. The van der Waals surface area contributed by atoms with Crippen molar-refractivity contribution in [1.82, 2.24) is 4.90 Å². The number of hydrogen-bond donors (Lipinski definition) is 1. The molecule has 0 amide bonds. The summed E-state index contributed by atoms with van der Waals surface area (Å²) in [6.07, 6.45) is 2.54. The molecule has 1 aliphatic rings. The van der Waals surface area contributed by atoms with Crippen molar-refractivity contribution in [3.63, 3.8) is 0 Å². The molecule has 2 nitrogen and oxygen atoms in total. The van der Waals surface area contributed by atoms with Crippen molar-refractivity contribution in [2.24, 2.45) is 11.7 Å². The Morgan fingerprint density at radius 2 is 1.94 bits per heavy atom. The Morgan fingerprint density at radius 3 is 2.50 bits per heavy atom. The average molecular weight is 244 g/mol. The Bertz CT molecular complexity index is 377. The van der Waals surface area contributed by atoms with Crippen LogP contribution in [0.4, 0.5) is 0 Å². The summed E-state index contributed by atoms with van der Waals surface area (Å²) in [6.45, 7) is 9.52. The molecule has 0 aliphatic carbocycles. The van der Waals surface area contributed by atoms with Crippen LogP contribution in [-0.2, 0) is 0 Å². The number of hydrogen-bond acceptors (Lipinski definition) is 2. The standard InChI is InChI=1S/C16H24N2/c1-13-8-10-18(11-9-13)14(2)16(12-17)15-6-4-3-5-7-15/h3-7,13,16H,2,8-12,17H2,1H3/t16-/m0/s1. The molecule has 0 aromatic heterocycles. The smallest absolute Gasteiger partial charge is 0.0356 e. The van der Waals surface area contributed by atoms with E-state index in [-0.39, 0.29) is 5.92 Å². The maximum Gasteiger partial charge on any atom is 0.0356 e. The Hall–Kier alpha value is -1.28. The van der Waals surface area contributed by atoms with Crippen LogP contribution < -0.4 is 5.73 Å². The summed E-state index contributed by atoms with van der Waals surface area (Å²) in [5.41, 5.74) is 8.42. The maximum atomic E-state index is 5.95. The van der Waals surface area contributed by atoms with Gasteiger partial charge in [-0.15, -0.1) is 0 Å². The minimum Gasteiger partial charge on any atom is -0.375 e. The fraction of sp³-hybridized carbons (Fsp3) is 0.500. The van der Waals surface area contributed by atoms with Crippen molar-refractivity contribution in [3.8, 4) is 0 Å². The molecule has 0 saturated carbocycles. The predicted molar refractivity (Wildman–Crippen MR) is 77.3 cm³/mol. The minimum atomic E-state index is 0.264. The summed E-state index contributed by atoms with van der Waals surface area (Å²) in [7, 11) is 0. The normalized spacial score (nSPS) is 18.7. The molecule has 18 heavy (non-hydrogen) atoms. The third-order valence-electron chi connectivity index (χ3n) is 4.03. The first-order valence-corrected chi connectivity index (χ1v) is 6.91. The third-order valence-corrected chi connectivity index (χ3v) is 4.03. The largest absolute Gasteiger partial charge is 0.375 e. The monoisotopic (exact) mass is 244 g/mol. The van der Waals surface area contributed by atoms with E-state index in [0.29, 0.717) is 6.54 Å². The molecule has 1 aromatic carbocycles. The van der Waals surface area contributed by atoms with Crippen LogP contribution >= 0.6 is 0 Å². The third kappa shape index (κ3) is 2.94. The zero-order valence-electron chi connectivity index (χ0n) is 11.3. The number of rotatable bonds is 4. The van der Waals surface area contributed by atoms with E-state index in [1.54, 1.807) is 0 Å². The molecule has 2 rings (SSSR count). The minimum absolute atomic E-state index is 0.264. The summed E-state index contributed by atoms with van der Waals surface area (Å²) in [4.78, 5) is 2.42. The van der Waals surface area contributed by atoms with Crippen molar-refractivity contribution in [3.05, 3.63) is 48.2 Å². The summed E-state index contributed by atoms with van der Waals surface area (Å²) in [5, 5.41) is 0. The highest BCUT2D eigenvalue weighted by Gasteiger charge is 2.22. The van der Waals surface area contributed by atoms with Crippen molar-refractivity contribution < 1.29 is 0 Å². The van der Waals surface area contributed by atoms with E-state index in [0.717, 1.165) is 19.0 Å². The lowest BCUT2D eigenvalue weighted by atomic mass is 9.92. The van der Waals surface area contributed by atoms with Crippen LogP contribution in [0.1, 0.15) is 31.2 Å². The van der Waals surface area contributed by atoms with Gasteiger partial charge in [0.05, 0.1) is 0 Å². The Labute approximate surface area is 110 Å². The van der Waals surface area contributed by atoms with Crippen molar-refractivity contribution >= 4 is 0 Å². The van der Waals surface area contributed by atoms with Gasteiger partial charge in [0, 0.05) is 31.2 Å². The quantitative estimate of drug-likeness (QED) is 0.882. The molecule has 1 fully saturated rings. The Kier molecular flexibility index (Phi) is 4.43. The molecule has 98 valence electrons. The molecule has 2 N–H and O–H groups in total. The molecule has 1 heterocycles. The fourth-order valence-electron chi connectivity index (χ4n) is 2.67. The highest BCUT2D eigenvalue weighted by molar-refractivity contribution is 5.27. The van der Waals surface area contributed by atoms with Gasteiger partial charge < -0.3 is 10.6 Å². The molecule has 0 bridgehead atoms. The maximum absolute atomic E-state index is 5.95. The van der Waals surface area contributed by atoms with Crippen LogP contribution in [0.5, 0.6) is 0 Å². The van der Waals surface area contributed by atoms with E-state index >= 15 is 0 Å². The second-order valence-electron chi connectivity index (χ2n) is 5.36. The first-order chi connectivity index (χ1) is 8.72. The molecule has 1 aliphatic heterocycles. The number of likely N-dealkylation sites (tertiary alicyclic amines) is 1. The van der Waals surface area contributed by atoms with Crippen LogP contribution in [0.3, 0.4) is 0 Å². The molecule has 2 heteroatoms. The Morgan fingerprint density at radius 1 is 1.33 bits per heavy atom. The number of nitrogens with zero attached hydrogens (tertiary/aromatic N) is 1. The van der Waals surface area contributed by atoms with Gasteiger partial charge in [-0.3, -0.25) is 0 Å². The number of piperidine rings is 1. The van der Waals surface area contributed by atoms with Gasteiger partial charge in [0.15, 0.2) is 0 Å². The lowest BCUT2D eigenvalue weighted by Gasteiger charge is -2.36. The first kappa shape index (κ1) is 13.2. The number of benzene rings is 1. The topological polar surface area (TPSA) is 29.3 Å². The summed E-state index contributed by atoms with van der Waals surface area (Å²) in [6, 6.07) is 10.5. The van der Waals surface area contributed by atoms with E-state index < -0.39 is 0 Å². The van der Waals surface area contributed by atoms with Gasteiger partial charge in [0.1, 0.15) is 0 Å². The van der Waals surface area contributed by atoms with Crippen LogP contribution in [0.2, 0.25) is 0 Å². The summed E-state index contributed by atoms with van der Waals surface area (Å²) in [5.74, 6) is 1.11. The fourth-order valence-corrected chi connectivity index (χ4v) is 2.67. The van der Waals surface area contributed by atoms with Crippen LogP contribution in [-0.4, -0.2) is 24.5 Å². The van der Waals surface area contributed by atoms with Crippen molar-refractivity contribution in [2.75, 3.05) is 19.6 Å².